The molecule has 0 atom stereocenters. The molecule has 0 amide bonds. The van der Waals surface area contributed by atoms with E-state index in [2.05, 4.69) is 10.3 Å². The maximum atomic E-state index is 11.5. The summed E-state index contributed by atoms with van der Waals surface area (Å²) in [7, 11) is -0.731. The fourth-order valence-electron chi connectivity index (χ4n) is 2.73. The molecule has 0 unspecified atom stereocenters. The van der Waals surface area contributed by atoms with Crippen molar-refractivity contribution in [1.82, 2.24) is 4.98 Å². The van der Waals surface area contributed by atoms with Gasteiger partial charge < -0.3 is 14.6 Å². The van der Waals surface area contributed by atoms with Crippen molar-refractivity contribution >= 4 is 24.0 Å². The lowest BCUT2D eigenvalue weighted by Gasteiger charge is -2.32. The van der Waals surface area contributed by atoms with Crippen molar-refractivity contribution in [2.75, 3.05) is 5.32 Å². The molecule has 1 saturated heterocycles. The van der Waals surface area contributed by atoms with Crippen molar-refractivity contribution < 1.29 is 14.2 Å². The van der Waals surface area contributed by atoms with Gasteiger partial charge in [0.2, 0.25) is 0 Å². The van der Waals surface area contributed by atoms with Gasteiger partial charge in [0.1, 0.15) is 11.9 Å². The Labute approximate surface area is 153 Å². The van der Waals surface area contributed by atoms with Crippen LogP contribution in [-0.4, -0.2) is 28.2 Å². The molecule has 1 aromatic heterocycles. The minimum Gasteiger partial charge on any atom is -0.399 e. The van der Waals surface area contributed by atoms with Crippen LogP contribution in [0.25, 0.3) is 0 Å². The maximum Gasteiger partial charge on any atom is 0.498 e. The second kappa shape index (κ2) is 6.70. The Kier molecular flexibility index (Phi) is 4.73. The van der Waals surface area contributed by atoms with Crippen LogP contribution in [0.4, 0.5) is 11.4 Å². The zero-order chi connectivity index (χ0) is 18.9. The molecule has 0 saturated carbocycles. The number of nitrogens with zero attached hydrogens (tertiary/aromatic N) is 2. The summed E-state index contributed by atoms with van der Waals surface area (Å²) >= 11 is 0. The van der Waals surface area contributed by atoms with Crippen LogP contribution in [-0.2, 0) is 15.9 Å². The van der Waals surface area contributed by atoms with Crippen LogP contribution in [0.1, 0.15) is 33.3 Å². The molecule has 136 valence electrons. The monoisotopic (exact) mass is 355 g/mol. The van der Waals surface area contributed by atoms with Crippen molar-refractivity contribution in [1.29, 1.82) is 0 Å². The number of anilines is 1. The first kappa shape index (κ1) is 18.3. The van der Waals surface area contributed by atoms with Gasteiger partial charge in [-0.15, -0.1) is 0 Å². The third-order valence-electron chi connectivity index (χ3n) is 4.97. The number of rotatable bonds is 5. The van der Waals surface area contributed by atoms with E-state index in [1.54, 1.807) is 6.20 Å². The SMILES string of the molecule is CC1(C)OB(c2cncc([N+](=O)[O-])c2NCc2ccccc2)OC1(C)C. The lowest BCUT2D eigenvalue weighted by molar-refractivity contribution is -0.384. The standard InChI is InChI=1S/C18H22BN3O4/c1-17(2)18(3,4)26-19(25-17)14-11-20-12-15(22(23)24)16(14)21-10-13-8-6-5-7-9-13/h5-9,11-12H,10H2,1-4H3,(H,20,21). The maximum absolute atomic E-state index is 11.5. The number of nitrogens with one attached hydrogen (secondary N) is 1. The predicted molar refractivity (Wildman–Crippen MR) is 100 cm³/mol. The van der Waals surface area contributed by atoms with Crippen molar-refractivity contribution in [3.8, 4) is 0 Å². The summed E-state index contributed by atoms with van der Waals surface area (Å²) in [5.74, 6) is 0. The molecule has 1 aromatic carbocycles. The van der Waals surface area contributed by atoms with E-state index < -0.39 is 23.2 Å². The van der Waals surface area contributed by atoms with Gasteiger partial charge in [-0.1, -0.05) is 30.3 Å². The van der Waals surface area contributed by atoms with Gasteiger partial charge >= 0.3 is 12.8 Å². The van der Waals surface area contributed by atoms with Gasteiger partial charge in [-0.05, 0) is 33.3 Å². The highest BCUT2D eigenvalue weighted by atomic mass is 16.7. The Bertz CT molecular complexity index is 795. The molecule has 0 spiro atoms. The lowest BCUT2D eigenvalue weighted by atomic mass is 9.78. The average molecular weight is 355 g/mol. The van der Waals surface area contributed by atoms with Crippen LogP contribution >= 0.6 is 0 Å². The Morgan fingerprint density at radius 1 is 1.12 bits per heavy atom. The number of nitro groups is 1. The first-order chi connectivity index (χ1) is 12.2. The topological polar surface area (TPSA) is 86.5 Å². The van der Waals surface area contributed by atoms with E-state index in [4.69, 9.17) is 9.31 Å². The van der Waals surface area contributed by atoms with Gasteiger partial charge in [0, 0.05) is 18.2 Å². The average Bonchev–Trinajstić information content (AvgIpc) is 2.81. The molecule has 1 fully saturated rings. The molecular weight excluding hydrogens is 333 g/mol. The Morgan fingerprint density at radius 2 is 1.73 bits per heavy atom. The summed E-state index contributed by atoms with van der Waals surface area (Å²) in [5.41, 5.74) is 0.714. The van der Waals surface area contributed by atoms with E-state index in [1.807, 2.05) is 58.0 Å². The summed E-state index contributed by atoms with van der Waals surface area (Å²) in [5, 5.41) is 14.7. The van der Waals surface area contributed by atoms with Crippen LogP contribution in [0, 0.1) is 10.1 Å². The van der Waals surface area contributed by atoms with Gasteiger partial charge in [-0.25, -0.2) is 0 Å². The molecule has 8 heteroatoms. The van der Waals surface area contributed by atoms with E-state index in [9.17, 15) is 10.1 Å². The number of hydrogen-bond donors (Lipinski definition) is 1. The van der Waals surface area contributed by atoms with Gasteiger partial charge in [0.15, 0.2) is 0 Å². The molecule has 3 rings (SSSR count). The molecule has 7 nitrogen and oxygen atoms in total. The van der Waals surface area contributed by atoms with Gasteiger partial charge in [0.05, 0.1) is 16.1 Å². The van der Waals surface area contributed by atoms with Crippen molar-refractivity contribution in [2.45, 2.75) is 45.4 Å². The van der Waals surface area contributed by atoms with Crippen LogP contribution < -0.4 is 10.8 Å². The van der Waals surface area contributed by atoms with Gasteiger partial charge in [0.25, 0.3) is 0 Å². The summed E-state index contributed by atoms with van der Waals surface area (Å²) in [6, 6.07) is 9.68. The van der Waals surface area contributed by atoms with E-state index in [1.165, 1.54) is 6.20 Å². The van der Waals surface area contributed by atoms with Crippen molar-refractivity contribution in [3.05, 3.63) is 58.4 Å². The largest absolute Gasteiger partial charge is 0.498 e. The first-order valence-corrected chi connectivity index (χ1v) is 8.47. The van der Waals surface area contributed by atoms with Crippen LogP contribution in [0.2, 0.25) is 0 Å². The van der Waals surface area contributed by atoms with E-state index in [0.717, 1.165) is 5.56 Å². The Morgan fingerprint density at radius 3 is 2.31 bits per heavy atom. The Hall–Kier alpha value is -2.45. The zero-order valence-corrected chi connectivity index (χ0v) is 15.4. The van der Waals surface area contributed by atoms with Gasteiger partial charge in [-0.2, -0.15) is 0 Å². The molecule has 1 aliphatic rings. The number of pyridine rings is 1. The highest BCUT2D eigenvalue weighted by Gasteiger charge is 2.53. The molecule has 0 bridgehead atoms. The minimum atomic E-state index is -0.731. The molecule has 0 aliphatic carbocycles. The smallest absolute Gasteiger partial charge is 0.399 e. The molecule has 26 heavy (non-hydrogen) atoms. The molecule has 1 N–H and O–H groups in total. The lowest BCUT2D eigenvalue weighted by Crippen LogP contribution is -2.41. The van der Waals surface area contributed by atoms with Crippen LogP contribution in [0.5, 0.6) is 0 Å². The summed E-state index contributed by atoms with van der Waals surface area (Å²) in [6.45, 7) is 8.20. The van der Waals surface area contributed by atoms with Crippen molar-refractivity contribution in [3.63, 3.8) is 0 Å². The number of benzene rings is 1. The highest BCUT2D eigenvalue weighted by Crippen LogP contribution is 2.37. The second-order valence-electron chi connectivity index (χ2n) is 7.31. The summed E-state index contributed by atoms with van der Waals surface area (Å²) in [6.07, 6.45) is 2.80. The van der Waals surface area contributed by atoms with E-state index >= 15 is 0 Å². The minimum absolute atomic E-state index is 0.104. The highest BCUT2D eigenvalue weighted by molar-refractivity contribution is 6.64. The third kappa shape index (κ3) is 3.43. The first-order valence-electron chi connectivity index (χ1n) is 8.47. The molecule has 0 radical (unpaired) electrons. The van der Waals surface area contributed by atoms with Crippen LogP contribution in [0.3, 0.4) is 0 Å². The predicted octanol–water partition coefficient (Wildman–Crippen LogP) is 2.90. The molecule has 2 aromatic rings. The van der Waals surface area contributed by atoms with E-state index in [0.29, 0.717) is 17.7 Å². The van der Waals surface area contributed by atoms with E-state index in [-0.39, 0.29) is 5.69 Å². The third-order valence-corrected chi connectivity index (χ3v) is 4.97. The fraction of sp³-hybridized carbons (Fsp3) is 0.389. The second-order valence-corrected chi connectivity index (χ2v) is 7.31. The number of hydrogen-bond acceptors (Lipinski definition) is 6. The Balaban J connectivity index is 1.95. The number of aromatic nitrogens is 1. The molecule has 1 aliphatic heterocycles. The van der Waals surface area contributed by atoms with Crippen LogP contribution in [0.15, 0.2) is 42.7 Å². The fourth-order valence-corrected chi connectivity index (χ4v) is 2.73. The van der Waals surface area contributed by atoms with Gasteiger partial charge in [-0.3, -0.25) is 15.1 Å². The summed E-state index contributed by atoms with van der Waals surface area (Å²) < 4.78 is 12.1. The quantitative estimate of drug-likeness (QED) is 0.504. The molecule has 2 heterocycles. The summed E-state index contributed by atoms with van der Waals surface area (Å²) in [4.78, 5) is 15.1. The normalized spacial score (nSPS) is 17.9. The van der Waals surface area contributed by atoms with Crippen molar-refractivity contribution in [2.24, 2.45) is 0 Å². The zero-order valence-electron chi connectivity index (χ0n) is 15.4. The molecular formula is C18H22BN3O4.